The van der Waals surface area contributed by atoms with Gasteiger partial charge in [0.1, 0.15) is 5.01 Å². The number of carboxylic acids is 1. The number of hydrogen-bond acceptors (Lipinski definition) is 6. The molecule has 2 aromatic carbocycles. The van der Waals surface area contributed by atoms with Crippen molar-refractivity contribution in [3.63, 3.8) is 0 Å². The van der Waals surface area contributed by atoms with Crippen molar-refractivity contribution in [2.75, 3.05) is 24.5 Å². The zero-order valence-electron chi connectivity index (χ0n) is 21.4. The van der Waals surface area contributed by atoms with E-state index in [1.807, 2.05) is 0 Å². The second-order valence-electron chi connectivity index (χ2n) is 10.4. The van der Waals surface area contributed by atoms with Gasteiger partial charge in [-0.2, -0.15) is 0 Å². The number of carbonyl (C=O) groups excluding carboxylic acids is 1. The van der Waals surface area contributed by atoms with Gasteiger partial charge >= 0.3 is 5.97 Å². The van der Waals surface area contributed by atoms with Gasteiger partial charge in [-0.25, -0.2) is 0 Å². The van der Waals surface area contributed by atoms with Crippen molar-refractivity contribution >= 4 is 51.5 Å². The van der Waals surface area contributed by atoms with Gasteiger partial charge in [-0.1, -0.05) is 34.5 Å². The minimum Gasteiger partial charge on any atom is -0.481 e. The van der Waals surface area contributed by atoms with Gasteiger partial charge in [-0.15, -0.1) is 10.2 Å². The van der Waals surface area contributed by atoms with Crippen LogP contribution in [0.25, 0.3) is 10.6 Å². The van der Waals surface area contributed by atoms with Gasteiger partial charge in [0.2, 0.25) is 5.13 Å². The van der Waals surface area contributed by atoms with E-state index in [4.69, 9.17) is 23.2 Å². The molecule has 0 radical (unpaired) electrons. The number of aliphatic carboxylic acids is 1. The maximum Gasteiger partial charge on any atom is 0.306 e. The zero-order chi connectivity index (χ0) is 27.0. The molecule has 2 aliphatic rings. The molecule has 1 amide bonds. The summed E-state index contributed by atoms with van der Waals surface area (Å²) >= 11 is 13.8. The number of piperidine rings is 1. The topological polar surface area (TPSA) is 86.6 Å². The Morgan fingerprint density at radius 3 is 2.34 bits per heavy atom. The van der Waals surface area contributed by atoms with Crippen LogP contribution in [0.5, 0.6) is 0 Å². The lowest BCUT2D eigenvalue weighted by molar-refractivity contribution is -0.143. The van der Waals surface area contributed by atoms with E-state index in [0.717, 1.165) is 54.2 Å². The van der Waals surface area contributed by atoms with E-state index in [9.17, 15) is 14.7 Å². The van der Waals surface area contributed by atoms with Gasteiger partial charge in [0.05, 0.1) is 16.5 Å². The number of anilines is 1. The molecule has 1 aliphatic carbocycles. The summed E-state index contributed by atoms with van der Waals surface area (Å²) in [6, 6.07) is 9.16. The Balaban J connectivity index is 1.35. The van der Waals surface area contributed by atoms with Gasteiger partial charge in [-0.3, -0.25) is 19.4 Å². The summed E-state index contributed by atoms with van der Waals surface area (Å²) in [5.41, 5.74) is 4.96. The van der Waals surface area contributed by atoms with Crippen LogP contribution in [0.2, 0.25) is 10.0 Å². The standard InChI is InChI=1S/C28H30Cl2N4O3S/c1-16-11-20(12-17(2)23(16)15-33-9-7-19(8-10-33)27(36)37)25-31-32-28(38-25)34(14-18-3-4-18)26(35)22-6-5-21(29)13-24(22)30/h5-6,11-13,18-19H,3-4,7-10,14-15H2,1-2H3,(H,36,37). The highest BCUT2D eigenvalue weighted by atomic mass is 35.5. The summed E-state index contributed by atoms with van der Waals surface area (Å²) in [7, 11) is 0. The van der Waals surface area contributed by atoms with E-state index in [1.165, 1.54) is 16.9 Å². The molecule has 0 atom stereocenters. The van der Waals surface area contributed by atoms with Crippen LogP contribution in [0.4, 0.5) is 5.13 Å². The highest BCUT2D eigenvalue weighted by Gasteiger charge is 2.31. The fourth-order valence-corrected chi connectivity index (χ4v) is 6.31. The predicted molar refractivity (Wildman–Crippen MR) is 151 cm³/mol. The number of benzene rings is 2. The lowest BCUT2D eigenvalue weighted by Crippen LogP contribution is -2.36. The van der Waals surface area contributed by atoms with Crippen molar-refractivity contribution in [2.45, 2.75) is 46.1 Å². The van der Waals surface area contributed by atoms with E-state index in [-0.39, 0.29) is 11.8 Å². The van der Waals surface area contributed by atoms with E-state index < -0.39 is 5.97 Å². The van der Waals surface area contributed by atoms with Crippen molar-refractivity contribution < 1.29 is 14.7 Å². The Labute approximate surface area is 236 Å². The molecule has 1 N–H and O–H groups in total. The number of halogens is 2. The van der Waals surface area contributed by atoms with Crippen molar-refractivity contribution in [1.29, 1.82) is 0 Å². The molecule has 7 nitrogen and oxygen atoms in total. The number of rotatable bonds is 8. The maximum atomic E-state index is 13.5. The molecule has 3 aromatic rings. The van der Waals surface area contributed by atoms with Gasteiger partial charge in [0.25, 0.3) is 5.91 Å². The molecule has 1 aromatic heterocycles. The molecule has 5 rings (SSSR count). The van der Waals surface area contributed by atoms with Crippen LogP contribution in [-0.2, 0) is 11.3 Å². The van der Waals surface area contributed by atoms with Crippen LogP contribution in [0.1, 0.15) is 52.7 Å². The summed E-state index contributed by atoms with van der Waals surface area (Å²) < 4.78 is 0. The Morgan fingerprint density at radius 2 is 1.74 bits per heavy atom. The first-order valence-corrected chi connectivity index (χ1v) is 14.4. The zero-order valence-corrected chi connectivity index (χ0v) is 23.7. The Bertz CT molecular complexity index is 1340. The fourth-order valence-electron chi connectivity index (χ4n) is 4.98. The highest BCUT2D eigenvalue weighted by Crippen LogP contribution is 2.37. The van der Waals surface area contributed by atoms with Crippen LogP contribution in [0.3, 0.4) is 0 Å². The molecule has 0 spiro atoms. The van der Waals surface area contributed by atoms with Crippen molar-refractivity contribution in [2.24, 2.45) is 11.8 Å². The maximum absolute atomic E-state index is 13.5. The van der Waals surface area contributed by atoms with Crippen LogP contribution in [0, 0.1) is 25.7 Å². The summed E-state index contributed by atoms with van der Waals surface area (Å²) in [6.07, 6.45) is 3.57. The molecule has 2 fully saturated rings. The summed E-state index contributed by atoms with van der Waals surface area (Å²) in [4.78, 5) is 28.8. The monoisotopic (exact) mass is 572 g/mol. The van der Waals surface area contributed by atoms with Crippen molar-refractivity contribution in [3.05, 3.63) is 62.6 Å². The Kier molecular flexibility index (Phi) is 8.05. The summed E-state index contributed by atoms with van der Waals surface area (Å²) in [5.74, 6) is -0.659. The molecule has 1 aliphatic heterocycles. The second-order valence-corrected chi connectivity index (χ2v) is 12.1. The molecule has 1 saturated carbocycles. The number of likely N-dealkylation sites (tertiary alicyclic amines) is 1. The molecule has 2 heterocycles. The number of amides is 1. The Morgan fingerprint density at radius 1 is 1.05 bits per heavy atom. The number of aromatic nitrogens is 2. The minimum absolute atomic E-state index is 0.198. The number of aryl methyl sites for hydroxylation is 2. The first-order chi connectivity index (χ1) is 18.2. The first kappa shape index (κ1) is 27.1. The lowest BCUT2D eigenvalue weighted by atomic mass is 9.95. The van der Waals surface area contributed by atoms with Crippen LogP contribution < -0.4 is 4.90 Å². The van der Waals surface area contributed by atoms with Crippen LogP contribution >= 0.6 is 34.5 Å². The third-order valence-electron chi connectivity index (χ3n) is 7.45. The molecule has 1 saturated heterocycles. The Hall–Kier alpha value is -2.52. The second kappa shape index (κ2) is 11.3. The van der Waals surface area contributed by atoms with Gasteiger partial charge < -0.3 is 5.11 Å². The summed E-state index contributed by atoms with van der Waals surface area (Å²) in [5, 5.41) is 20.3. The number of hydrogen-bond donors (Lipinski definition) is 1. The molecule has 200 valence electrons. The average Bonchev–Trinajstić information content (AvgIpc) is 3.57. The predicted octanol–water partition coefficient (Wildman–Crippen LogP) is 6.48. The first-order valence-electron chi connectivity index (χ1n) is 12.9. The van der Waals surface area contributed by atoms with E-state index in [0.29, 0.717) is 46.0 Å². The minimum atomic E-state index is -0.688. The molecule has 0 unspecified atom stereocenters. The quantitative estimate of drug-likeness (QED) is 0.332. The molecular weight excluding hydrogens is 543 g/mol. The van der Waals surface area contributed by atoms with E-state index >= 15 is 0 Å². The van der Waals surface area contributed by atoms with Gasteiger partial charge in [0.15, 0.2) is 0 Å². The average molecular weight is 574 g/mol. The van der Waals surface area contributed by atoms with Crippen molar-refractivity contribution in [3.8, 4) is 10.6 Å². The molecule has 38 heavy (non-hydrogen) atoms. The third kappa shape index (κ3) is 6.04. The van der Waals surface area contributed by atoms with E-state index in [1.54, 1.807) is 23.1 Å². The van der Waals surface area contributed by atoms with Crippen molar-refractivity contribution in [1.82, 2.24) is 15.1 Å². The third-order valence-corrected chi connectivity index (χ3v) is 8.99. The normalized spacial score (nSPS) is 16.5. The van der Waals surface area contributed by atoms with Gasteiger partial charge in [-0.05, 0) is 106 Å². The van der Waals surface area contributed by atoms with Crippen LogP contribution in [0.15, 0.2) is 30.3 Å². The fraction of sp³-hybridized carbons (Fsp3) is 0.429. The summed E-state index contributed by atoms with van der Waals surface area (Å²) in [6.45, 7) is 7.17. The lowest BCUT2D eigenvalue weighted by Gasteiger charge is -2.31. The molecular formula is C28H30Cl2N4O3S. The van der Waals surface area contributed by atoms with Gasteiger partial charge in [0, 0.05) is 23.7 Å². The van der Waals surface area contributed by atoms with Crippen LogP contribution in [-0.4, -0.2) is 51.7 Å². The van der Waals surface area contributed by atoms with E-state index in [2.05, 4.69) is 41.1 Å². The SMILES string of the molecule is Cc1cc(-c2nnc(N(CC3CC3)C(=O)c3ccc(Cl)cc3Cl)s2)cc(C)c1CN1CCC(C(=O)O)CC1. The molecule has 10 heteroatoms. The highest BCUT2D eigenvalue weighted by molar-refractivity contribution is 7.18. The number of carboxylic acid groups (broad SMARTS) is 1. The number of carbonyl (C=O) groups is 2. The number of nitrogens with zero attached hydrogens (tertiary/aromatic N) is 4. The smallest absolute Gasteiger partial charge is 0.306 e. The largest absolute Gasteiger partial charge is 0.481 e. The molecule has 0 bridgehead atoms.